The van der Waals surface area contributed by atoms with Gasteiger partial charge in [0.2, 0.25) is 6.41 Å². The number of amides is 1. The van der Waals surface area contributed by atoms with E-state index in [1.807, 2.05) is 43.3 Å². The molecule has 0 atom stereocenters. The molecule has 7 nitrogen and oxygen atoms in total. The van der Waals surface area contributed by atoms with E-state index in [1.165, 1.54) is 44.8 Å². The molecule has 166 valence electrons. The zero-order valence-electron chi connectivity index (χ0n) is 18.4. The molecule has 1 aliphatic carbocycles. The fraction of sp³-hybridized carbons (Fsp3) is 0.375. The molecule has 7 heteroatoms. The Hall–Kier alpha value is -3.19. The van der Waals surface area contributed by atoms with Crippen molar-refractivity contribution in [2.24, 2.45) is 5.73 Å². The van der Waals surface area contributed by atoms with Crippen LogP contribution < -0.4 is 15.8 Å². The minimum absolute atomic E-state index is 0.526. The Bertz CT molecular complexity index is 931. The third kappa shape index (κ3) is 6.65. The standard InChI is InChI=1S/C20H21N3O.C3H7NO.CH5N/c1-2-14-8-10-16(11-9-14)24-17-12-13-21-20-18(17)19(22-23-20)15-6-4-3-5-7-15;1-2-4-3-5;1-2/h2,8-13,15H,1,3-7H2,(H,21,22,23);3H,2H2,1H3,(H,4,5);2H2,1H3. The van der Waals surface area contributed by atoms with E-state index in [0.717, 1.165) is 34.6 Å². The quantitative estimate of drug-likeness (QED) is 0.495. The number of carbonyl (C=O) groups is 1. The van der Waals surface area contributed by atoms with Crippen LogP contribution in [0.1, 0.15) is 56.2 Å². The molecule has 4 N–H and O–H groups in total. The van der Waals surface area contributed by atoms with Crippen LogP contribution in [0.15, 0.2) is 43.1 Å². The van der Waals surface area contributed by atoms with Crippen LogP contribution in [-0.4, -0.2) is 35.2 Å². The minimum Gasteiger partial charge on any atom is -0.456 e. The first kappa shape index (κ1) is 24.1. The number of aromatic nitrogens is 3. The average molecular weight is 424 g/mol. The van der Waals surface area contributed by atoms with E-state index in [4.69, 9.17) is 4.74 Å². The highest BCUT2D eigenvalue weighted by Gasteiger charge is 2.22. The molecular weight excluding hydrogens is 390 g/mol. The summed E-state index contributed by atoms with van der Waals surface area (Å²) in [6.07, 6.45) is 10.6. The molecule has 1 saturated carbocycles. The van der Waals surface area contributed by atoms with Gasteiger partial charge in [0.05, 0.1) is 11.1 Å². The lowest BCUT2D eigenvalue weighted by molar-refractivity contribution is -0.109. The highest BCUT2D eigenvalue weighted by molar-refractivity contribution is 5.85. The van der Waals surface area contributed by atoms with Crippen LogP contribution in [0, 0.1) is 0 Å². The van der Waals surface area contributed by atoms with E-state index in [9.17, 15) is 4.79 Å². The van der Waals surface area contributed by atoms with Gasteiger partial charge in [0.15, 0.2) is 5.65 Å². The van der Waals surface area contributed by atoms with Crippen molar-refractivity contribution in [2.45, 2.75) is 44.9 Å². The molecule has 2 heterocycles. The second-order valence-electron chi connectivity index (χ2n) is 7.03. The van der Waals surface area contributed by atoms with Crippen molar-refractivity contribution >= 4 is 23.5 Å². The van der Waals surface area contributed by atoms with Gasteiger partial charge in [0.1, 0.15) is 11.5 Å². The monoisotopic (exact) mass is 423 g/mol. The molecular formula is C24H33N5O2. The first-order valence-corrected chi connectivity index (χ1v) is 10.7. The number of fused-ring (bicyclic) bond motifs is 1. The van der Waals surface area contributed by atoms with Crippen LogP contribution in [0.2, 0.25) is 0 Å². The first-order valence-electron chi connectivity index (χ1n) is 10.7. The van der Waals surface area contributed by atoms with Crippen LogP contribution in [0.4, 0.5) is 0 Å². The molecule has 0 radical (unpaired) electrons. The molecule has 1 aliphatic rings. The molecule has 2 aromatic heterocycles. The van der Waals surface area contributed by atoms with Crippen LogP contribution >= 0.6 is 0 Å². The second-order valence-corrected chi connectivity index (χ2v) is 7.03. The average Bonchev–Trinajstić information content (AvgIpc) is 3.28. The number of H-pyrrole nitrogens is 1. The molecule has 1 fully saturated rings. The van der Waals surface area contributed by atoms with Crippen molar-refractivity contribution in [1.29, 1.82) is 0 Å². The molecule has 1 aromatic carbocycles. The first-order chi connectivity index (χ1) is 15.3. The van der Waals surface area contributed by atoms with Crippen molar-refractivity contribution in [3.63, 3.8) is 0 Å². The van der Waals surface area contributed by atoms with Gasteiger partial charge in [-0.25, -0.2) is 4.98 Å². The Kier molecular flexibility index (Phi) is 10.2. The summed E-state index contributed by atoms with van der Waals surface area (Å²) in [4.78, 5) is 13.7. The van der Waals surface area contributed by atoms with Gasteiger partial charge in [0, 0.05) is 18.7 Å². The van der Waals surface area contributed by atoms with E-state index >= 15 is 0 Å². The van der Waals surface area contributed by atoms with Gasteiger partial charge in [-0.2, -0.15) is 5.10 Å². The molecule has 0 aliphatic heterocycles. The van der Waals surface area contributed by atoms with Gasteiger partial charge in [-0.3, -0.25) is 9.89 Å². The number of pyridine rings is 1. The molecule has 31 heavy (non-hydrogen) atoms. The molecule has 0 saturated heterocycles. The van der Waals surface area contributed by atoms with E-state index in [0.29, 0.717) is 12.3 Å². The van der Waals surface area contributed by atoms with E-state index in [-0.39, 0.29) is 0 Å². The summed E-state index contributed by atoms with van der Waals surface area (Å²) >= 11 is 0. The fourth-order valence-corrected chi connectivity index (χ4v) is 3.59. The zero-order valence-corrected chi connectivity index (χ0v) is 18.4. The third-order valence-corrected chi connectivity index (χ3v) is 5.09. The molecule has 0 bridgehead atoms. The number of nitrogens with one attached hydrogen (secondary N) is 2. The fourth-order valence-electron chi connectivity index (χ4n) is 3.59. The Morgan fingerprint density at radius 2 is 1.90 bits per heavy atom. The Morgan fingerprint density at radius 3 is 2.48 bits per heavy atom. The summed E-state index contributed by atoms with van der Waals surface area (Å²) in [5.74, 6) is 2.16. The Balaban J connectivity index is 0.000000432. The van der Waals surface area contributed by atoms with Crippen molar-refractivity contribution in [1.82, 2.24) is 20.5 Å². The van der Waals surface area contributed by atoms with Crippen molar-refractivity contribution in [3.8, 4) is 11.5 Å². The number of nitrogens with two attached hydrogens (primary N) is 1. The number of rotatable bonds is 6. The summed E-state index contributed by atoms with van der Waals surface area (Å²) in [6, 6.07) is 9.84. The number of nitrogens with zero attached hydrogens (tertiary/aromatic N) is 2. The third-order valence-electron chi connectivity index (χ3n) is 5.09. The van der Waals surface area contributed by atoms with Gasteiger partial charge in [-0.05, 0) is 50.6 Å². The second kappa shape index (κ2) is 13.2. The van der Waals surface area contributed by atoms with Gasteiger partial charge < -0.3 is 15.8 Å². The van der Waals surface area contributed by atoms with Gasteiger partial charge in [0.25, 0.3) is 0 Å². The van der Waals surface area contributed by atoms with Gasteiger partial charge in [-0.1, -0.05) is 44.1 Å². The predicted octanol–water partition coefficient (Wildman–Crippen LogP) is 4.77. The maximum absolute atomic E-state index is 9.29. The lowest BCUT2D eigenvalue weighted by atomic mass is 9.86. The maximum Gasteiger partial charge on any atom is 0.207 e. The zero-order chi connectivity index (χ0) is 22.5. The minimum atomic E-state index is 0.526. The lowest BCUT2D eigenvalue weighted by Gasteiger charge is -2.21. The number of aromatic amines is 1. The van der Waals surface area contributed by atoms with Gasteiger partial charge in [-0.15, -0.1) is 0 Å². The van der Waals surface area contributed by atoms with E-state index in [2.05, 4.69) is 32.8 Å². The molecule has 1 amide bonds. The number of hydrogen-bond donors (Lipinski definition) is 3. The number of ether oxygens (including phenoxy) is 1. The molecule has 4 rings (SSSR count). The number of benzene rings is 1. The van der Waals surface area contributed by atoms with Gasteiger partial charge >= 0.3 is 0 Å². The van der Waals surface area contributed by atoms with Crippen LogP contribution in [-0.2, 0) is 4.79 Å². The normalized spacial score (nSPS) is 13.3. The molecule has 0 spiro atoms. The Morgan fingerprint density at radius 1 is 1.19 bits per heavy atom. The number of hydrogen-bond acceptors (Lipinski definition) is 5. The molecule has 3 aromatic rings. The van der Waals surface area contributed by atoms with E-state index < -0.39 is 0 Å². The largest absolute Gasteiger partial charge is 0.456 e. The predicted molar refractivity (Wildman–Crippen MR) is 126 cm³/mol. The van der Waals surface area contributed by atoms with Crippen LogP contribution in [0.5, 0.6) is 11.5 Å². The lowest BCUT2D eigenvalue weighted by Crippen LogP contribution is -2.07. The van der Waals surface area contributed by atoms with Crippen molar-refractivity contribution in [2.75, 3.05) is 13.6 Å². The highest BCUT2D eigenvalue weighted by Crippen LogP contribution is 2.39. The summed E-state index contributed by atoms with van der Waals surface area (Å²) < 4.78 is 6.15. The van der Waals surface area contributed by atoms with Crippen molar-refractivity contribution < 1.29 is 9.53 Å². The van der Waals surface area contributed by atoms with Crippen LogP contribution in [0.25, 0.3) is 17.1 Å². The van der Waals surface area contributed by atoms with Crippen LogP contribution in [0.3, 0.4) is 0 Å². The topological polar surface area (TPSA) is 106 Å². The van der Waals surface area contributed by atoms with E-state index in [1.54, 1.807) is 6.20 Å². The maximum atomic E-state index is 9.29. The summed E-state index contributed by atoms with van der Waals surface area (Å²) in [5.41, 5.74) is 7.49. The number of carbonyl (C=O) groups excluding carboxylic acids is 1. The summed E-state index contributed by atoms with van der Waals surface area (Å²) in [5, 5.41) is 11.1. The smallest absolute Gasteiger partial charge is 0.207 e. The van der Waals surface area contributed by atoms with Crippen molar-refractivity contribution in [3.05, 3.63) is 54.4 Å². The molecule has 0 unspecified atom stereocenters. The summed E-state index contributed by atoms with van der Waals surface area (Å²) in [7, 11) is 1.50. The SMILES string of the molecule is C=Cc1ccc(Oc2ccnc3n[nH]c(C4CCCCC4)c23)cc1.CCNC=O.CN. The summed E-state index contributed by atoms with van der Waals surface area (Å²) in [6.45, 7) is 6.38. The Labute approximate surface area is 184 Å². The highest BCUT2D eigenvalue weighted by atomic mass is 16.5.